The highest BCUT2D eigenvalue weighted by Crippen LogP contribution is 2.45. The van der Waals surface area contributed by atoms with E-state index in [2.05, 4.69) is 13.8 Å². The molecular formula is C29H25NO4S. The minimum Gasteiger partial charge on any atom is -0.507 e. The van der Waals surface area contributed by atoms with Gasteiger partial charge in [0.2, 0.25) is 0 Å². The zero-order chi connectivity index (χ0) is 24.5. The Morgan fingerprint density at radius 2 is 1.71 bits per heavy atom. The van der Waals surface area contributed by atoms with Crippen LogP contribution in [0.4, 0.5) is 5.69 Å². The zero-order valence-corrected chi connectivity index (χ0v) is 20.3. The fourth-order valence-corrected chi connectivity index (χ4v) is 5.17. The Bertz CT molecular complexity index is 1420. The SMILES string of the molecule is CC(C)COc1ccc(/C(O)=C2/C(=O)C(=O)N(c3cccc4ccccc34)C2c2cccs2)cc1. The topological polar surface area (TPSA) is 66.8 Å². The van der Waals surface area contributed by atoms with E-state index in [4.69, 9.17) is 4.74 Å². The molecule has 0 saturated carbocycles. The molecule has 0 spiro atoms. The van der Waals surface area contributed by atoms with Crippen LogP contribution in [-0.2, 0) is 9.59 Å². The fraction of sp³-hybridized carbons (Fsp3) is 0.172. The first-order chi connectivity index (χ1) is 17.0. The number of Topliss-reactive ketones (excluding diaryl/α,β-unsaturated/α-hetero) is 1. The quantitative estimate of drug-likeness (QED) is 0.192. The fourth-order valence-electron chi connectivity index (χ4n) is 4.34. The number of aliphatic hydroxyl groups is 1. The van der Waals surface area contributed by atoms with E-state index in [1.54, 1.807) is 24.3 Å². The van der Waals surface area contributed by atoms with Gasteiger partial charge in [0.25, 0.3) is 11.7 Å². The van der Waals surface area contributed by atoms with E-state index >= 15 is 0 Å². The molecule has 4 aromatic rings. The third-order valence-electron chi connectivity index (χ3n) is 5.99. The molecule has 0 radical (unpaired) electrons. The summed E-state index contributed by atoms with van der Waals surface area (Å²) in [5.74, 6) is -0.479. The molecule has 6 heteroatoms. The molecule has 35 heavy (non-hydrogen) atoms. The highest BCUT2D eigenvalue weighted by molar-refractivity contribution is 7.10. The molecule has 1 fully saturated rings. The van der Waals surface area contributed by atoms with E-state index in [-0.39, 0.29) is 11.3 Å². The van der Waals surface area contributed by atoms with Crippen LogP contribution in [0.25, 0.3) is 16.5 Å². The van der Waals surface area contributed by atoms with Crippen molar-refractivity contribution < 1.29 is 19.4 Å². The van der Waals surface area contributed by atoms with Crippen LogP contribution in [0.2, 0.25) is 0 Å². The summed E-state index contributed by atoms with van der Waals surface area (Å²) in [5, 5.41) is 15.0. The third kappa shape index (κ3) is 4.21. The summed E-state index contributed by atoms with van der Waals surface area (Å²) in [7, 11) is 0. The minimum absolute atomic E-state index is 0.0845. The average Bonchev–Trinajstić information content (AvgIpc) is 3.49. The van der Waals surface area contributed by atoms with Crippen molar-refractivity contribution in [1.29, 1.82) is 0 Å². The molecular weight excluding hydrogens is 458 g/mol. The van der Waals surface area contributed by atoms with Crippen LogP contribution >= 0.6 is 11.3 Å². The van der Waals surface area contributed by atoms with Crippen molar-refractivity contribution in [3.8, 4) is 5.75 Å². The van der Waals surface area contributed by atoms with Gasteiger partial charge in [0.1, 0.15) is 17.6 Å². The van der Waals surface area contributed by atoms with Gasteiger partial charge in [-0.1, -0.05) is 56.3 Å². The number of thiophene rings is 1. The van der Waals surface area contributed by atoms with E-state index in [0.29, 0.717) is 29.5 Å². The van der Waals surface area contributed by atoms with Crippen molar-refractivity contribution in [2.24, 2.45) is 5.92 Å². The molecule has 2 heterocycles. The number of hydrogen-bond donors (Lipinski definition) is 1. The van der Waals surface area contributed by atoms with E-state index in [9.17, 15) is 14.7 Å². The van der Waals surface area contributed by atoms with E-state index in [0.717, 1.165) is 15.6 Å². The lowest BCUT2D eigenvalue weighted by Gasteiger charge is -2.25. The third-order valence-corrected chi connectivity index (χ3v) is 6.92. The van der Waals surface area contributed by atoms with Crippen LogP contribution in [0.15, 0.2) is 89.8 Å². The largest absolute Gasteiger partial charge is 0.507 e. The first kappa shape index (κ1) is 22.9. The van der Waals surface area contributed by atoms with Crippen LogP contribution in [0.3, 0.4) is 0 Å². The summed E-state index contributed by atoms with van der Waals surface area (Å²) >= 11 is 1.44. The molecule has 0 aliphatic carbocycles. The van der Waals surface area contributed by atoms with Crippen LogP contribution in [0.1, 0.15) is 30.3 Å². The van der Waals surface area contributed by atoms with Gasteiger partial charge in [0.15, 0.2) is 0 Å². The summed E-state index contributed by atoms with van der Waals surface area (Å²) in [5.41, 5.74) is 1.18. The predicted octanol–water partition coefficient (Wildman–Crippen LogP) is 6.56. The number of fused-ring (bicyclic) bond motifs is 1. The maximum absolute atomic E-state index is 13.4. The molecule has 1 aromatic heterocycles. The van der Waals surface area contributed by atoms with Gasteiger partial charge in [-0.15, -0.1) is 11.3 Å². The number of rotatable bonds is 6. The molecule has 1 atom stereocenters. The van der Waals surface area contributed by atoms with Gasteiger partial charge in [-0.25, -0.2) is 0 Å². The summed E-state index contributed by atoms with van der Waals surface area (Å²) in [6.45, 7) is 4.72. The lowest BCUT2D eigenvalue weighted by atomic mass is 9.99. The van der Waals surface area contributed by atoms with Crippen molar-refractivity contribution in [2.75, 3.05) is 11.5 Å². The zero-order valence-electron chi connectivity index (χ0n) is 19.5. The van der Waals surface area contributed by atoms with Crippen molar-refractivity contribution in [1.82, 2.24) is 0 Å². The number of carbonyl (C=O) groups is 2. The monoisotopic (exact) mass is 483 g/mol. The van der Waals surface area contributed by atoms with Gasteiger partial charge >= 0.3 is 0 Å². The predicted molar refractivity (Wildman–Crippen MR) is 140 cm³/mol. The number of ketones is 1. The highest BCUT2D eigenvalue weighted by Gasteiger charge is 2.47. The van der Waals surface area contributed by atoms with Gasteiger partial charge < -0.3 is 9.84 Å². The van der Waals surface area contributed by atoms with Crippen LogP contribution in [0.5, 0.6) is 5.75 Å². The number of benzene rings is 3. The van der Waals surface area contributed by atoms with Gasteiger partial charge in [0, 0.05) is 15.8 Å². The maximum Gasteiger partial charge on any atom is 0.300 e. The lowest BCUT2D eigenvalue weighted by molar-refractivity contribution is -0.132. The standard InChI is InChI=1S/C29H25NO4S/c1-18(2)17-34-21-14-12-20(13-15-21)27(31)25-26(24-11-6-16-35-24)30(29(33)28(25)32)23-10-5-8-19-7-3-4-9-22(19)23/h3-16,18,26,31H,17H2,1-2H3/b27-25-. The number of hydrogen-bond acceptors (Lipinski definition) is 5. The Morgan fingerprint density at radius 1 is 0.971 bits per heavy atom. The maximum atomic E-state index is 13.4. The van der Waals surface area contributed by atoms with Gasteiger partial charge in [-0.05, 0) is 53.1 Å². The van der Waals surface area contributed by atoms with Crippen molar-refractivity contribution in [3.63, 3.8) is 0 Å². The van der Waals surface area contributed by atoms with Gasteiger partial charge in [0.05, 0.1) is 17.9 Å². The Kier molecular flexibility index (Phi) is 6.14. The number of aliphatic hydroxyl groups excluding tert-OH is 1. The summed E-state index contributed by atoms with van der Waals surface area (Å²) < 4.78 is 5.74. The van der Waals surface area contributed by atoms with Crippen LogP contribution in [0, 0.1) is 5.92 Å². The summed E-state index contributed by atoms with van der Waals surface area (Å²) in [6, 6.07) is 23.4. The van der Waals surface area contributed by atoms with E-state index in [1.807, 2.05) is 60.0 Å². The second-order valence-corrected chi connectivity index (χ2v) is 9.89. The van der Waals surface area contributed by atoms with Crippen LogP contribution in [-0.4, -0.2) is 23.4 Å². The normalized spacial score (nSPS) is 17.5. The number of nitrogens with zero attached hydrogens (tertiary/aromatic N) is 1. The molecule has 1 saturated heterocycles. The molecule has 1 amide bonds. The molecule has 1 aliphatic rings. The molecule has 1 unspecified atom stereocenters. The molecule has 176 valence electrons. The number of anilines is 1. The molecule has 5 rings (SSSR count). The van der Waals surface area contributed by atoms with Gasteiger partial charge in [-0.3, -0.25) is 14.5 Å². The second-order valence-electron chi connectivity index (χ2n) is 8.91. The van der Waals surface area contributed by atoms with Crippen molar-refractivity contribution >= 4 is 45.2 Å². The molecule has 0 bridgehead atoms. The summed E-state index contributed by atoms with van der Waals surface area (Å²) in [4.78, 5) is 29.1. The van der Waals surface area contributed by atoms with E-state index in [1.165, 1.54) is 16.2 Å². The molecule has 1 aliphatic heterocycles. The molecule has 1 N–H and O–H groups in total. The molecule has 5 nitrogen and oxygen atoms in total. The molecule has 3 aromatic carbocycles. The second kappa shape index (κ2) is 9.39. The summed E-state index contributed by atoms with van der Waals surface area (Å²) in [6.07, 6.45) is 0. The number of ether oxygens (including phenoxy) is 1. The lowest BCUT2D eigenvalue weighted by Crippen LogP contribution is -2.29. The Hall–Kier alpha value is -3.90. The highest BCUT2D eigenvalue weighted by atomic mass is 32.1. The van der Waals surface area contributed by atoms with Gasteiger partial charge in [-0.2, -0.15) is 0 Å². The first-order valence-electron chi connectivity index (χ1n) is 11.5. The Balaban J connectivity index is 1.63. The van der Waals surface area contributed by atoms with E-state index < -0.39 is 17.7 Å². The van der Waals surface area contributed by atoms with Crippen molar-refractivity contribution in [2.45, 2.75) is 19.9 Å². The average molecular weight is 484 g/mol. The van der Waals surface area contributed by atoms with Crippen LogP contribution < -0.4 is 9.64 Å². The Labute approximate surface area is 207 Å². The first-order valence-corrected chi connectivity index (χ1v) is 12.4. The number of amides is 1. The smallest absolute Gasteiger partial charge is 0.300 e. The minimum atomic E-state index is -0.724. The number of carbonyl (C=O) groups excluding carboxylic acids is 2. The Morgan fingerprint density at radius 3 is 2.43 bits per heavy atom. The van der Waals surface area contributed by atoms with Crippen molar-refractivity contribution in [3.05, 3.63) is 100 Å².